The number of rotatable bonds is 2. The maximum absolute atomic E-state index is 11.8. The van der Waals surface area contributed by atoms with Crippen LogP contribution in [0.15, 0.2) is 21.8 Å². The number of nitrogens with one attached hydrogen (secondary N) is 1. The molecule has 0 radical (unpaired) electrons. The Morgan fingerprint density at radius 3 is 2.52 bits per heavy atom. The minimum atomic E-state index is -0.114. The van der Waals surface area contributed by atoms with Gasteiger partial charge in [-0.05, 0) is 44.9 Å². The zero-order chi connectivity index (χ0) is 15.4. The summed E-state index contributed by atoms with van der Waals surface area (Å²) in [5, 5.41) is 1.33. The van der Waals surface area contributed by atoms with Gasteiger partial charge in [-0.1, -0.05) is 11.6 Å². The Labute approximate surface area is 151 Å². The highest BCUT2D eigenvalue weighted by Crippen LogP contribution is 2.43. The van der Waals surface area contributed by atoms with Gasteiger partial charge in [0, 0.05) is 29.3 Å². The fourth-order valence-corrected chi connectivity index (χ4v) is 5.77. The van der Waals surface area contributed by atoms with E-state index < -0.39 is 0 Å². The van der Waals surface area contributed by atoms with Gasteiger partial charge < -0.3 is 9.88 Å². The quantitative estimate of drug-likeness (QED) is 0.872. The molecule has 3 heterocycles. The van der Waals surface area contributed by atoms with Gasteiger partial charge in [-0.25, -0.2) is 4.79 Å². The summed E-state index contributed by atoms with van der Waals surface area (Å²) in [7, 11) is 4.02. The molecule has 126 valence electrons. The van der Waals surface area contributed by atoms with Crippen LogP contribution >= 0.6 is 35.8 Å². The van der Waals surface area contributed by atoms with Gasteiger partial charge in [0.25, 0.3) is 0 Å². The van der Waals surface area contributed by atoms with Crippen molar-refractivity contribution in [1.29, 1.82) is 0 Å². The van der Waals surface area contributed by atoms with E-state index in [1.165, 1.54) is 25.7 Å². The second-order valence-corrected chi connectivity index (χ2v) is 8.24. The Balaban J connectivity index is 0.00000156. The number of hydrogen-bond acceptors (Lipinski definition) is 3. The van der Waals surface area contributed by atoms with Crippen molar-refractivity contribution in [3.63, 3.8) is 0 Å². The van der Waals surface area contributed by atoms with Crippen molar-refractivity contribution in [3.8, 4) is 0 Å². The van der Waals surface area contributed by atoms with Crippen molar-refractivity contribution in [3.05, 3.63) is 27.6 Å². The lowest BCUT2D eigenvalue weighted by Gasteiger charge is -2.36. The molecule has 1 N–H and O–H groups in total. The Bertz CT molecular complexity index is 773. The van der Waals surface area contributed by atoms with E-state index in [9.17, 15) is 4.79 Å². The first-order chi connectivity index (χ1) is 10.5. The van der Waals surface area contributed by atoms with Crippen LogP contribution < -0.4 is 5.69 Å². The molecule has 4 nitrogen and oxygen atoms in total. The molecule has 2 aliphatic heterocycles. The molecule has 2 saturated heterocycles. The molecular formula is C16H21Cl2N3OS. The normalized spacial score (nSPS) is 27.3. The average Bonchev–Trinajstić information content (AvgIpc) is 2.88. The fraction of sp³-hybridized carbons (Fsp3) is 0.562. The lowest BCUT2D eigenvalue weighted by Crippen LogP contribution is -2.40. The van der Waals surface area contributed by atoms with Gasteiger partial charge in [-0.3, -0.25) is 4.57 Å². The summed E-state index contributed by atoms with van der Waals surface area (Å²) in [6.45, 7) is 0. The van der Waals surface area contributed by atoms with E-state index in [0.717, 1.165) is 28.0 Å². The molecule has 4 rings (SSSR count). The number of aryl methyl sites for hydroxylation is 1. The number of halogens is 2. The predicted molar refractivity (Wildman–Crippen MR) is 99.2 cm³/mol. The van der Waals surface area contributed by atoms with Crippen molar-refractivity contribution < 1.29 is 0 Å². The van der Waals surface area contributed by atoms with Gasteiger partial charge in [0.2, 0.25) is 0 Å². The number of benzene rings is 1. The minimum Gasteiger partial charge on any atom is -0.305 e. The number of hydrogen-bond donors (Lipinski definition) is 1. The minimum absolute atomic E-state index is 0. The largest absolute Gasteiger partial charge is 0.326 e. The Morgan fingerprint density at radius 1 is 1.22 bits per heavy atom. The van der Waals surface area contributed by atoms with E-state index in [-0.39, 0.29) is 18.1 Å². The van der Waals surface area contributed by atoms with Crippen molar-refractivity contribution in [1.82, 2.24) is 14.5 Å². The zero-order valence-corrected chi connectivity index (χ0v) is 15.6. The van der Waals surface area contributed by atoms with Crippen LogP contribution in [0.4, 0.5) is 0 Å². The van der Waals surface area contributed by atoms with Crippen LogP contribution in [0.3, 0.4) is 0 Å². The Morgan fingerprint density at radius 2 is 1.87 bits per heavy atom. The molecule has 0 aliphatic carbocycles. The molecule has 1 aromatic carbocycles. The first-order valence-electron chi connectivity index (χ1n) is 7.80. The maximum Gasteiger partial charge on any atom is 0.326 e. The van der Waals surface area contributed by atoms with Crippen LogP contribution in [0, 0.1) is 0 Å². The monoisotopic (exact) mass is 373 g/mol. The summed E-state index contributed by atoms with van der Waals surface area (Å²) in [6.07, 6.45) is 5.13. The van der Waals surface area contributed by atoms with Crippen molar-refractivity contribution >= 4 is 46.8 Å². The molecule has 23 heavy (non-hydrogen) atoms. The van der Waals surface area contributed by atoms with Crippen LogP contribution in [0.2, 0.25) is 5.02 Å². The maximum atomic E-state index is 11.8. The average molecular weight is 374 g/mol. The Kier molecular flexibility index (Phi) is 4.76. The highest BCUT2D eigenvalue weighted by molar-refractivity contribution is 8.00. The van der Waals surface area contributed by atoms with E-state index in [1.807, 2.05) is 23.9 Å². The van der Waals surface area contributed by atoms with Crippen LogP contribution in [0.1, 0.15) is 25.7 Å². The summed E-state index contributed by atoms with van der Waals surface area (Å²) < 4.78 is 1.60. The van der Waals surface area contributed by atoms with Gasteiger partial charge in [-0.2, -0.15) is 0 Å². The second-order valence-electron chi connectivity index (χ2n) is 6.52. The van der Waals surface area contributed by atoms with E-state index >= 15 is 0 Å². The third-order valence-electron chi connectivity index (χ3n) is 5.31. The van der Waals surface area contributed by atoms with Crippen molar-refractivity contribution in [2.24, 2.45) is 7.05 Å². The van der Waals surface area contributed by atoms with Crippen molar-refractivity contribution in [2.75, 3.05) is 7.05 Å². The standard InChI is InChI=1S/C16H20ClN3OS.ClH/c1-19-9-3-4-10(19)8-11(7-9)22-13-6-5-12-15(14(13)17)20(2)16(21)18-12;/h5-6,9-11H,3-4,7-8H2,1-2H3,(H,18,21);1H. The van der Waals surface area contributed by atoms with Crippen LogP contribution in [-0.4, -0.2) is 38.8 Å². The number of thioether (sulfide) groups is 1. The summed E-state index contributed by atoms with van der Waals surface area (Å²) in [5.41, 5.74) is 1.51. The SMILES string of the molecule is CN1C2CCC1CC(Sc1ccc3[nH]c(=O)n(C)c3c1Cl)C2.Cl. The number of aromatic nitrogens is 2. The lowest BCUT2D eigenvalue weighted by molar-refractivity contribution is 0.183. The number of nitrogens with zero attached hydrogens (tertiary/aromatic N) is 2. The molecular weight excluding hydrogens is 353 g/mol. The lowest BCUT2D eigenvalue weighted by atomic mass is 10.0. The van der Waals surface area contributed by atoms with Gasteiger partial charge in [-0.15, -0.1) is 24.2 Å². The molecule has 1 aromatic heterocycles. The fourth-order valence-electron chi connectivity index (χ4n) is 4.00. The topological polar surface area (TPSA) is 41.0 Å². The summed E-state index contributed by atoms with van der Waals surface area (Å²) in [5.74, 6) is 0. The number of fused-ring (bicyclic) bond motifs is 3. The smallest absolute Gasteiger partial charge is 0.305 e. The Hall–Kier alpha value is -0.620. The molecule has 7 heteroatoms. The van der Waals surface area contributed by atoms with Crippen LogP contribution in [0.25, 0.3) is 11.0 Å². The van der Waals surface area contributed by atoms with Gasteiger partial charge in [0.05, 0.1) is 16.1 Å². The molecule has 0 saturated carbocycles. The molecule has 2 atom stereocenters. The highest BCUT2D eigenvalue weighted by Gasteiger charge is 2.38. The molecule has 2 aliphatic rings. The van der Waals surface area contributed by atoms with Gasteiger partial charge >= 0.3 is 5.69 Å². The summed E-state index contributed by atoms with van der Waals surface area (Å²) in [4.78, 5) is 18.2. The first-order valence-corrected chi connectivity index (χ1v) is 9.06. The third kappa shape index (κ3) is 2.82. The van der Waals surface area contributed by atoms with Gasteiger partial charge in [0.15, 0.2) is 0 Å². The molecule has 0 spiro atoms. The van der Waals surface area contributed by atoms with Crippen LogP contribution in [0.5, 0.6) is 0 Å². The van der Waals surface area contributed by atoms with E-state index in [1.54, 1.807) is 11.6 Å². The van der Waals surface area contributed by atoms with Gasteiger partial charge in [0.1, 0.15) is 0 Å². The van der Waals surface area contributed by atoms with Crippen molar-refractivity contribution in [2.45, 2.75) is 47.9 Å². The zero-order valence-electron chi connectivity index (χ0n) is 13.2. The highest BCUT2D eigenvalue weighted by atomic mass is 35.5. The molecule has 2 fully saturated rings. The number of piperidine rings is 1. The van der Waals surface area contributed by atoms with E-state index in [4.69, 9.17) is 11.6 Å². The predicted octanol–water partition coefficient (Wildman–Crippen LogP) is 3.66. The molecule has 2 aromatic rings. The first kappa shape index (κ1) is 17.2. The number of H-pyrrole nitrogens is 1. The van der Waals surface area contributed by atoms with Crippen LogP contribution in [-0.2, 0) is 7.05 Å². The number of imidazole rings is 1. The van der Waals surface area contributed by atoms with E-state index in [2.05, 4.69) is 16.9 Å². The third-order valence-corrected chi connectivity index (χ3v) is 7.12. The van der Waals surface area contributed by atoms with E-state index in [0.29, 0.717) is 10.3 Å². The number of aromatic amines is 1. The summed E-state index contributed by atoms with van der Waals surface area (Å²) >= 11 is 8.47. The second kappa shape index (κ2) is 6.36. The molecule has 2 bridgehead atoms. The molecule has 0 amide bonds. The summed E-state index contributed by atoms with van der Waals surface area (Å²) in [6, 6.07) is 5.48. The molecule has 2 unspecified atom stereocenters.